The van der Waals surface area contributed by atoms with Crippen molar-refractivity contribution in [3.8, 4) is 0 Å². The molecule has 1 heterocycles. The smallest absolute Gasteiger partial charge is 0.269 e. The number of benzene rings is 1. The monoisotopic (exact) mass is 286 g/mol. The minimum Gasteiger partial charge on any atom is -0.269 e. The Morgan fingerprint density at radius 2 is 1.94 bits per heavy atom. The molecule has 0 atom stereocenters. The van der Waals surface area contributed by atoms with Gasteiger partial charge in [-0.25, -0.2) is 14.1 Å². The number of halogens is 2. The van der Waals surface area contributed by atoms with Gasteiger partial charge in [-0.2, -0.15) is 0 Å². The highest BCUT2D eigenvalue weighted by Crippen LogP contribution is 2.24. The van der Waals surface area contributed by atoms with Gasteiger partial charge in [0.05, 0.1) is 5.69 Å². The molecule has 82 valence electrons. The van der Waals surface area contributed by atoms with Crippen LogP contribution in [0.1, 0.15) is 0 Å². The van der Waals surface area contributed by atoms with Crippen LogP contribution in [0.5, 0.6) is 0 Å². The maximum absolute atomic E-state index is 13.5. The largest absolute Gasteiger partial charge is 0.336 e. The van der Waals surface area contributed by atoms with E-state index in [1.165, 1.54) is 12.1 Å². The maximum atomic E-state index is 13.5. The van der Waals surface area contributed by atoms with E-state index in [2.05, 4.69) is 15.9 Å². The summed E-state index contributed by atoms with van der Waals surface area (Å²) in [6.45, 7) is 0. The summed E-state index contributed by atoms with van der Waals surface area (Å²) in [5.74, 6) is -2.92. The zero-order valence-corrected chi connectivity index (χ0v) is 9.25. The van der Waals surface area contributed by atoms with Gasteiger partial charge < -0.3 is 0 Å². The Labute approximate surface area is 97.3 Å². The van der Waals surface area contributed by atoms with Gasteiger partial charge in [-0.05, 0) is 18.2 Å². The lowest BCUT2D eigenvalue weighted by Crippen LogP contribution is -2.31. The predicted octanol–water partition coefficient (Wildman–Crippen LogP) is 1.17. The van der Waals surface area contributed by atoms with Crippen LogP contribution in [-0.2, 0) is 9.59 Å². The van der Waals surface area contributed by atoms with Crippen molar-refractivity contribution in [2.24, 2.45) is 0 Å². The van der Waals surface area contributed by atoms with Crippen molar-refractivity contribution in [2.75, 3.05) is 4.90 Å². The molecule has 0 aromatic heterocycles. The summed E-state index contributed by atoms with van der Waals surface area (Å²) in [6.07, 6.45) is 0. The second-order valence-corrected chi connectivity index (χ2v) is 3.91. The number of imide groups is 2. The zero-order chi connectivity index (χ0) is 11.9. The number of hydrogen-bond acceptors (Lipinski definition) is 3. The molecule has 1 aliphatic heterocycles. The van der Waals surface area contributed by atoms with Gasteiger partial charge in [-0.3, -0.25) is 14.9 Å². The summed E-state index contributed by atoms with van der Waals surface area (Å²) >= 11 is 3.04. The molecule has 0 spiro atoms. The standard InChI is InChI=1S/C9H4BrFN2O3/c10-4-1-2-6(5(11)3-4)13-8(15)7(14)12-9(13)16/h1-3H,(H,12,14,16). The fourth-order valence-corrected chi connectivity index (χ4v) is 1.61. The van der Waals surface area contributed by atoms with Gasteiger partial charge in [0.2, 0.25) is 0 Å². The average Bonchev–Trinajstić information content (AvgIpc) is 2.43. The summed E-state index contributed by atoms with van der Waals surface area (Å²) in [5.41, 5.74) is -0.253. The van der Waals surface area contributed by atoms with Gasteiger partial charge in [0, 0.05) is 4.47 Å². The highest BCUT2D eigenvalue weighted by Gasteiger charge is 2.39. The van der Waals surface area contributed by atoms with Crippen LogP contribution in [0.2, 0.25) is 0 Å². The second kappa shape index (κ2) is 3.67. The quantitative estimate of drug-likeness (QED) is 0.623. The van der Waals surface area contributed by atoms with Crippen molar-refractivity contribution < 1.29 is 18.8 Å². The molecule has 1 aromatic carbocycles. The van der Waals surface area contributed by atoms with E-state index in [4.69, 9.17) is 0 Å². The molecule has 1 saturated heterocycles. The fraction of sp³-hybridized carbons (Fsp3) is 0. The number of hydrogen-bond donors (Lipinski definition) is 1. The van der Waals surface area contributed by atoms with E-state index < -0.39 is 23.7 Å². The summed E-state index contributed by atoms with van der Waals surface area (Å²) in [6, 6.07) is 2.84. The molecule has 1 N–H and O–H groups in total. The molecule has 0 bridgehead atoms. The van der Waals surface area contributed by atoms with Crippen LogP contribution < -0.4 is 10.2 Å². The van der Waals surface area contributed by atoms with Crippen molar-refractivity contribution in [1.29, 1.82) is 0 Å². The first kappa shape index (κ1) is 10.7. The van der Waals surface area contributed by atoms with Gasteiger partial charge >= 0.3 is 17.8 Å². The van der Waals surface area contributed by atoms with Crippen LogP contribution in [0.3, 0.4) is 0 Å². The minimum absolute atomic E-state index is 0.253. The Bertz CT molecular complexity index is 517. The summed E-state index contributed by atoms with van der Waals surface area (Å²) in [4.78, 5) is 33.8. The van der Waals surface area contributed by atoms with E-state index in [1.807, 2.05) is 0 Å². The topological polar surface area (TPSA) is 66.5 Å². The van der Waals surface area contributed by atoms with Crippen molar-refractivity contribution in [3.63, 3.8) is 0 Å². The molecule has 1 aromatic rings. The molecular weight excluding hydrogens is 283 g/mol. The molecule has 7 heteroatoms. The van der Waals surface area contributed by atoms with Crippen molar-refractivity contribution in [2.45, 2.75) is 0 Å². The van der Waals surface area contributed by atoms with Gasteiger partial charge in [0.25, 0.3) is 0 Å². The molecule has 2 rings (SSSR count). The molecule has 1 aliphatic rings. The first-order chi connectivity index (χ1) is 7.50. The third-order valence-corrected chi connectivity index (χ3v) is 2.46. The molecular formula is C9H4BrFN2O3. The predicted molar refractivity (Wildman–Crippen MR) is 55.1 cm³/mol. The van der Waals surface area contributed by atoms with Crippen molar-refractivity contribution >= 4 is 39.5 Å². The number of rotatable bonds is 1. The third kappa shape index (κ3) is 1.58. The first-order valence-electron chi connectivity index (χ1n) is 4.15. The average molecular weight is 287 g/mol. The lowest BCUT2D eigenvalue weighted by molar-refractivity contribution is -0.134. The van der Waals surface area contributed by atoms with Crippen molar-refractivity contribution in [1.82, 2.24) is 5.32 Å². The molecule has 0 saturated carbocycles. The van der Waals surface area contributed by atoms with Crippen LogP contribution in [0.4, 0.5) is 14.9 Å². The Morgan fingerprint density at radius 1 is 1.25 bits per heavy atom. The van der Waals surface area contributed by atoms with Crippen molar-refractivity contribution in [3.05, 3.63) is 28.5 Å². The Balaban J connectivity index is 2.48. The van der Waals surface area contributed by atoms with Gasteiger partial charge in [-0.15, -0.1) is 0 Å². The number of nitrogens with one attached hydrogen (secondary N) is 1. The lowest BCUT2D eigenvalue weighted by atomic mass is 10.3. The highest BCUT2D eigenvalue weighted by atomic mass is 79.9. The van der Waals surface area contributed by atoms with E-state index in [9.17, 15) is 18.8 Å². The normalized spacial score (nSPS) is 15.6. The van der Waals surface area contributed by atoms with Gasteiger partial charge in [-0.1, -0.05) is 15.9 Å². The van der Waals surface area contributed by atoms with Gasteiger partial charge in [0.15, 0.2) is 0 Å². The zero-order valence-electron chi connectivity index (χ0n) is 7.66. The number of nitrogens with zero attached hydrogens (tertiary/aromatic N) is 1. The minimum atomic E-state index is -1.09. The number of carbonyl (C=O) groups excluding carboxylic acids is 3. The van der Waals surface area contributed by atoms with Crippen LogP contribution >= 0.6 is 15.9 Å². The Morgan fingerprint density at radius 3 is 2.44 bits per heavy atom. The van der Waals surface area contributed by atoms with E-state index in [1.54, 1.807) is 5.32 Å². The van der Waals surface area contributed by atoms with E-state index in [-0.39, 0.29) is 5.69 Å². The van der Waals surface area contributed by atoms with Crippen LogP contribution in [0, 0.1) is 5.82 Å². The van der Waals surface area contributed by atoms with E-state index in [0.29, 0.717) is 9.37 Å². The number of carbonyl (C=O) groups is 3. The lowest BCUT2D eigenvalue weighted by Gasteiger charge is -2.11. The SMILES string of the molecule is O=C1NC(=O)N(c2ccc(Br)cc2F)C1=O. The molecule has 5 nitrogen and oxygen atoms in total. The number of amides is 4. The van der Waals surface area contributed by atoms with Crippen LogP contribution in [0.25, 0.3) is 0 Å². The summed E-state index contributed by atoms with van der Waals surface area (Å²) in [5, 5.41) is 1.78. The molecule has 0 aliphatic carbocycles. The summed E-state index contributed by atoms with van der Waals surface area (Å²) < 4.78 is 13.9. The number of anilines is 1. The highest BCUT2D eigenvalue weighted by molar-refractivity contribution is 9.10. The first-order valence-corrected chi connectivity index (χ1v) is 4.94. The molecule has 0 unspecified atom stereocenters. The third-order valence-electron chi connectivity index (χ3n) is 1.97. The molecule has 0 radical (unpaired) electrons. The van der Waals surface area contributed by atoms with Gasteiger partial charge in [0.1, 0.15) is 5.82 Å². The molecule has 4 amide bonds. The number of urea groups is 1. The second-order valence-electron chi connectivity index (χ2n) is 3.00. The van der Waals surface area contributed by atoms with Crippen LogP contribution in [-0.4, -0.2) is 17.8 Å². The summed E-state index contributed by atoms with van der Waals surface area (Å²) in [7, 11) is 0. The maximum Gasteiger partial charge on any atom is 0.336 e. The molecule has 16 heavy (non-hydrogen) atoms. The van der Waals surface area contributed by atoms with E-state index in [0.717, 1.165) is 6.07 Å². The van der Waals surface area contributed by atoms with E-state index >= 15 is 0 Å². The fourth-order valence-electron chi connectivity index (χ4n) is 1.28. The Kier molecular flexibility index (Phi) is 2.47. The Hall–Kier alpha value is -1.76. The van der Waals surface area contributed by atoms with Crippen LogP contribution in [0.15, 0.2) is 22.7 Å². The molecule has 1 fully saturated rings.